The van der Waals surface area contributed by atoms with Gasteiger partial charge in [-0.2, -0.15) is 5.26 Å². The second-order valence-electron chi connectivity index (χ2n) is 3.88. The first-order chi connectivity index (χ1) is 8.02. The van der Waals surface area contributed by atoms with Gasteiger partial charge in [0.2, 0.25) is 5.91 Å². The lowest BCUT2D eigenvalue weighted by Gasteiger charge is -2.10. The molecule has 0 spiro atoms. The van der Waals surface area contributed by atoms with E-state index < -0.39 is 0 Å². The molecule has 0 heterocycles. The quantitative estimate of drug-likeness (QED) is 0.862. The minimum absolute atomic E-state index is 0.0829. The molecule has 0 bridgehead atoms. The van der Waals surface area contributed by atoms with Crippen molar-refractivity contribution in [2.45, 2.75) is 19.9 Å². The van der Waals surface area contributed by atoms with Gasteiger partial charge < -0.3 is 10.6 Å². The Morgan fingerprint density at radius 3 is 2.76 bits per heavy atom. The highest BCUT2D eigenvalue weighted by atomic mass is 35.5. The van der Waals surface area contributed by atoms with Crippen molar-refractivity contribution in [2.24, 2.45) is 0 Å². The molecule has 0 saturated carbocycles. The van der Waals surface area contributed by atoms with Crippen LogP contribution in [-0.2, 0) is 4.79 Å². The molecule has 5 heteroatoms. The van der Waals surface area contributed by atoms with Crippen LogP contribution >= 0.6 is 11.6 Å². The molecule has 0 unspecified atom stereocenters. The molecule has 1 aromatic rings. The fraction of sp³-hybridized carbons (Fsp3) is 0.333. The van der Waals surface area contributed by atoms with Gasteiger partial charge in [-0.1, -0.05) is 11.6 Å². The molecule has 4 nitrogen and oxygen atoms in total. The molecule has 0 fully saturated rings. The Kier molecular flexibility index (Phi) is 4.80. The highest BCUT2D eigenvalue weighted by Gasteiger charge is 2.04. The van der Waals surface area contributed by atoms with E-state index in [2.05, 4.69) is 10.6 Å². The van der Waals surface area contributed by atoms with Gasteiger partial charge in [0.15, 0.2) is 0 Å². The van der Waals surface area contributed by atoms with E-state index in [1.165, 1.54) is 0 Å². The standard InChI is InChI=1S/C12H14ClN3O/c1-8(2)16-12(17)7-15-10-4-3-9(6-14)11(13)5-10/h3-5,8,15H,7H2,1-2H3,(H,16,17). The van der Waals surface area contributed by atoms with Gasteiger partial charge in [0.1, 0.15) is 6.07 Å². The Balaban J connectivity index is 2.56. The normalized spacial score (nSPS) is 9.82. The Bertz CT molecular complexity index is 452. The summed E-state index contributed by atoms with van der Waals surface area (Å²) in [5.74, 6) is -0.0829. The van der Waals surface area contributed by atoms with Gasteiger partial charge in [-0.25, -0.2) is 0 Å². The van der Waals surface area contributed by atoms with E-state index in [9.17, 15) is 4.79 Å². The minimum Gasteiger partial charge on any atom is -0.376 e. The molecule has 90 valence electrons. The highest BCUT2D eigenvalue weighted by molar-refractivity contribution is 6.32. The number of benzene rings is 1. The number of hydrogen-bond donors (Lipinski definition) is 2. The van der Waals surface area contributed by atoms with E-state index in [1.54, 1.807) is 18.2 Å². The van der Waals surface area contributed by atoms with Crippen molar-refractivity contribution < 1.29 is 4.79 Å². The summed E-state index contributed by atoms with van der Waals surface area (Å²) >= 11 is 5.87. The van der Waals surface area contributed by atoms with Crippen molar-refractivity contribution in [1.82, 2.24) is 5.32 Å². The Morgan fingerprint density at radius 1 is 1.53 bits per heavy atom. The lowest BCUT2D eigenvalue weighted by atomic mass is 10.2. The molecular weight excluding hydrogens is 238 g/mol. The van der Waals surface area contributed by atoms with E-state index in [0.717, 1.165) is 0 Å². The van der Waals surface area contributed by atoms with Crippen LogP contribution in [0.25, 0.3) is 0 Å². The van der Waals surface area contributed by atoms with E-state index in [4.69, 9.17) is 16.9 Å². The van der Waals surface area contributed by atoms with Gasteiger partial charge in [-0.15, -0.1) is 0 Å². The van der Waals surface area contributed by atoms with Crippen LogP contribution in [0.4, 0.5) is 5.69 Å². The summed E-state index contributed by atoms with van der Waals surface area (Å²) in [6.45, 7) is 3.98. The summed E-state index contributed by atoms with van der Waals surface area (Å²) in [5, 5.41) is 14.8. The Labute approximate surface area is 106 Å². The molecule has 0 radical (unpaired) electrons. The van der Waals surface area contributed by atoms with Crippen LogP contribution in [-0.4, -0.2) is 18.5 Å². The molecule has 1 amide bonds. The van der Waals surface area contributed by atoms with Crippen molar-refractivity contribution >= 4 is 23.2 Å². The number of rotatable bonds is 4. The summed E-state index contributed by atoms with van der Waals surface area (Å²) in [6, 6.07) is 7.05. The summed E-state index contributed by atoms with van der Waals surface area (Å²) in [7, 11) is 0. The molecule has 17 heavy (non-hydrogen) atoms. The molecule has 0 aliphatic rings. The molecule has 0 aliphatic carbocycles. The molecule has 0 aliphatic heterocycles. The molecule has 0 aromatic heterocycles. The van der Waals surface area contributed by atoms with Gasteiger partial charge in [0, 0.05) is 11.7 Å². The number of amides is 1. The number of anilines is 1. The van der Waals surface area contributed by atoms with E-state index in [1.807, 2.05) is 19.9 Å². The van der Waals surface area contributed by atoms with Crippen LogP contribution in [0.2, 0.25) is 5.02 Å². The molecular formula is C12H14ClN3O. The number of carbonyl (C=O) groups excluding carboxylic acids is 1. The third kappa shape index (κ3) is 4.33. The highest BCUT2D eigenvalue weighted by Crippen LogP contribution is 2.19. The predicted molar refractivity (Wildman–Crippen MR) is 67.9 cm³/mol. The summed E-state index contributed by atoms with van der Waals surface area (Å²) < 4.78 is 0. The van der Waals surface area contributed by atoms with Gasteiger partial charge in [0.05, 0.1) is 17.1 Å². The number of nitrogens with zero attached hydrogens (tertiary/aromatic N) is 1. The van der Waals surface area contributed by atoms with Crippen LogP contribution in [0, 0.1) is 11.3 Å². The number of halogens is 1. The number of carbonyl (C=O) groups is 1. The third-order valence-electron chi connectivity index (χ3n) is 1.99. The van der Waals surface area contributed by atoms with Gasteiger partial charge in [-0.05, 0) is 32.0 Å². The monoisotopic (exact) mass is 251 g/mol. The second kappa shape index (κ2) is 6.12. The Hall–Kier alpha value is -1.73. The fourth-order valence-corrected chi connectivity index (χ4v) is 1.49. The average Bonchev–Trinajstić information content (AvgIpc) is 2.25. The number of nitrogens with one attached hydrogen (secondary N) is 2. The number of nitriles is 1. The SMILES string of the molecule is CC(C)NC(=O)CNc1ccc(C#N)c(Cl)c1. The van der Waals surface area contributed by atoms with Crippen molar-refractivity contribution in [3.8, 4) is 6.07 Å². The molecule has 0 saturated heterocycles. The smallest absolute Gasteiger partial charge is 0.239 e. The molecule has 1 rings (SSSR count). The Morgan fingerprint density at radius 2 is 2.24 bits per heavy atom. The maximum Gasteiger partial charge on any atom is 0.239 e. The van der Waals surface area contributed by atoms with Gasteiger partial charge in [-0.3, -0.25) is 4.79 Å². The molecule has 0 atom stereocenters. The largest absolute Gasteiger partial charge is 0.376 e. The zero-order valence-corrected chi connectivity index (χ0v) is 10.5. The fourth-order valence-electron chi connectivity index (χ4n) is 1.27. The number of hydrogen-bond acceptors (Lipinski definition) is 3. The van der Waals surface area contributed by atoms with E-state index >= 15 is 0 Å². The maximum atomic E-state index is 11.4. The van der Waals surface area contributed by atoms with Crippen molar-refractivity contribution in [3.63, 3.8) is 0 Å². The predicted octanol–water partition coefficient (Wildman–Crippen LogP) is 2.15. The van der Waals surface area contributed by atoms with Crippen molar-refractivity contribution in [2.75, 3.05) is 11.9 Å². The van der Waals surface area contributed by atoms with Crippen molar-refractivity contribution in [1.29, 1.82) is 5.26 Å². The van der Waals surface area contributed by atoms with Gasteiger partial charge >= 0.3 is 0 Å². The lowest BCUT2D eigenvalue weighted by molar-refractivity contribution is -0.119. The van der Waals surface area contributed by atoms with Crippen LogP contribution in [0.1, 0.15) is 19.4 Å². The maximum absolute atomic E-state index is 11.4. The summed E-state index contributed by atoms with van der Waals surface area (Å²) in [4.78, 5) is 11.4. The first kappa shape index (κ1) is 13.3. The van der Waals surface area contributed by atoms with Crippen LogP contribution in [0.15, 0.2) is 18.2 Å². The van der Waals surface area contributed by atoms with E-state index in [0.29, 0.717) is 16.3 Å². The topological polar surface area (TPSA) is 64.9 Å². The first-order valence-electron chi connectivity index (χ1n) is 5.26. The zero-order chi connectivity index (χ0) is 12.8. The van der Waals surface area contributed by atoms with Crippen LogP contribution < -0.4 is 10.6 Å². The van der Waals surface area contributed by atoms with Crippen LogP contribution in [0.5, 0.6) is 0 Å². The summed E-state index contributed by atoms with van der Waals surface area (Å²) in [5.41, 5.74) is 1.14. The van der Waals surface area contributed by atoms with Gasteiger partial charge in [0.25, 0.3) is 0 Å². The zero-order valence-electron chi connectivity index (χ0n) is 9.75. The van der Waals surface area contributed by atoms with E-state index in [-0.39, 0.29) is 18.5 Å². The van der Waals surface area contributed by atoms with Crippen molar-refractivity contribution in [3.05, 3.63) is 28.8 Å². The second-order valence-corrected chi connectivity index (χ2v) is 4.29. The van der Waals surface area contributed by atoms with Crippen LogP contribution in [0.3, 0.4) is 0 Å². The minimum atomic E-state index is -0.0829. The first-order valence-corrected chi connectivity index (χ1v) is 5.63. The average molecular weight is 252 g/mol. The third-order valence-corrected chi connectivity index (χ3v) is 2.30. The summed E-state index contributed by atoms with van der Waals surface area (Å²) in [6.07, 6.45) is 0. The molecule has 2 N–H and O–H groups in total. The molecule has 1 aromatic carbocycles. The lowest BCUT2D eigenvalue weighted by Crippen LogP contribution is -2.34.